The van der Waals surface area contributed by atoms with Crippen LogP contribution in [0.2, 0.25) is 0 Å². The summed E-state index contributed by atoms with van der Waals surface area (Å²) in [6.07, 6.45) is 8.33. The smallest absolute Gasteiger partial charge is 0.411 e. The molecule has 0 spiro atoms. The normalized spacial score (nSPS) is 19.9. The van der Waals surface area contributed by atoms with E-state index in [2.05, 4.69) is 37.2 Å². The number of ether oxygens (including phenoxy) is 2. The number of nitrogens with two attached hydrogens (primary N) is 1. The molecular weight excluding hydrogens is 1150 g/mol. The molecule has 2 heterocycles. The number of ketones is 2. The lowest BCUT2D eigenvalue weighted by molar-refractivity contribution is -0.142. The molecule has 8 rings (SSSR count). The maximum absolute atomic E-state index is 13.3. The summed E-state index contributed by atoms with van der Waals surface area (Å²) in [6, 6.07) is 28.0. The number of carbonyl (C=O) groups excluding carboxylic acids is 5. The van der Waals surface area contributed by atoms with Crippen LogP contribution in [0.15, 0.2) is 106 Å². The van der Waals surface area contributed by atoms with E-state index in [9.17, 15) is 33.9 Å². The van der Waals surface area contributed by atoms with Crippen molar-refractivity contribution in [3.63, 3.8) is 0 Å². The first-order chi connectivity index (χ1) is 31.2. The minimum absolute atomic E-state index is 0. The highest BCUT2D eigenvalue weighted by atomic mass is 79.9. The number of aliphatic carboxylic acids is 1. The molecule has 2 aliphatic carbocycles. The third kappa shape index (κ3) is 18.5. The van der Waals surface area contributed by atoms with Gasteiger partial charge in [0.2, 0.25) is 5.91 Å². The number of nitrogens with one attached hydrogen (secondary N) is 1. The van der Waals surface area contributed by atoms with Crippen molar-refractivity contribution in [2.24, 2.45) is 11.8 Å². The van der Waals surface area contributed by atoms with Crippen molar-refractivity contribution in [3.05, 3.63) is 128 Å². The number of Topliss-reactive ketones (excluding diaryl/α,β-unsaturated/α-hetero) is 2. The number of carbonyl (C=O) groups is 6. The quantitative estimate of drug-likeness (QED) is 0.108. The van der Waals surface area contributed by atoms with Gasteiger partial charge in [0.1, 0.15) is 25.3 Å². The molecule has 2 saturated carbocycles. The van der Waals surface area contributed by atoms with Crippen LogP contribution in [0.4, 0.5) is 21.0 Å². The number of nitrogen functional groups attached to an aromatic ring is 1. The van der Waals surface area contributed by atoms with E-state index in [1.54, 1.807) is 41.3 Å². The molecule has 4 N–H and O–H groups in total. The number of nitrogens with zero attached hydrogens (tertiary/aromatic N) is 2. The molecule has 0 aromatic heterocycles. The summed E-state index contributed by atoms with van der Waals surface area (Å²) in [5.41, 5.74) is 9.37. The van der Waals surface area contributed by atoms with Gasteiger partial charge in [0.25, 0.3) is 0 Å². The molecule has 13 nitrogen and oxygen atoms in total. The topological polar surface area (TPSA) is 186 Å². The Morgan fingerprint density at radius 3 is 1.44 bits per heavy atom. The van der Waals surface area contributed by atoms with Crippen molar-refractivity contribution in [2.75, 3.05) is 11.1 Å². The number of carboxylic acids is 1. The predicted octanol–water partition coefficient (Wildman–Crippen LogP) is 11.5. The summed E-state index contributed by atoms with van der Waals surface area (Å²) < 4.78 is 12.6. The van der Waals surface area contributed by atoms with Gasteiger partial charge >= 0.3 is 18.2 Å². The second-order valence-corrected chi connectivity index (χ2v) is 18.8. The molecule has 3 amide bonds. The zero-order valence-electron chi connectivity index (χ0n) is 39.6. The van der Waals surface area contributed by atoms with E-state index in [1.807, 2.05) is 60.7 Å². The van der Waals surface area contributed by atoms with Crippen LogP contribution in [-0.4, -0.2) is 74.7 Å². The van der Waals surface area contributed by atoms with Crippen molar-refractivity contribution >= 4 is 160 Å². The number of likely N-dealkylation sites (tertiary alicyclic amines) is 2. The molecule has 71 heavy (non-hydrogen) atoms. The fourth-order valence-electron chi connectivity index (χ4n) is 9.48. The standard InChI is InChI=1S/C25H27BrN2O4.C17H21NO4.C8H8BrNO.6H2S/c1-16(29)20-12-11-19(26)14-21(20)27-24(30)23-13-18-9-5-6-10-22(18)28(23)25(31)32-15-17-7-3-2-4-8-17;19-16(20)15-10-13-8-4-5-9-14(13)18(15)17(21)22-11-12-6-2-1-3-7-12;1-5(11)7-3-2-6(9)4-8(7)10;;;;;;/h2-4,7-8,11-12,14,18,22-23H,5-6,9-10,13,15H2,1H3,(H,27,30);1-3,6-7,13-15H,4-5,8-11H2,(H,19,20);2-4H,10H2,1H3;6*1H2/t18-,22-,23-;13-,14-,15-;;;;;;;/m00......./s1. The van der Waals surface area contributed by atoms with Gasteiger partial charge in [-0.15, -0.1) is 0 Å². The van der Waals surface area contributed by atoms with Crippen LogP contribution in [0.25, 0.3) is 0 Å². The summed E-state index contributed by atoms with van der Waals surface area (Å²) in [7, 11) is 0. The fourth-order valence-corrected chi connectivity index (χ4v) is 10.2. The average Bonchev–Trinajstić information content (AvgIpc) is 3.89. The van der Waals surface area contributed by atoms with E-state index < -0.39 is 30.2 Å². The number of carboxylic acid groups (broad SMARTS) is 1. The fraction of sp³-hybridized carbons (Fsp3) is 0.400. The van der Waals surface area contributed by atoms with E-state index in [0.29, 0.717) is 47.2 Å². The number of benzene rings is 4. The molecular formula is C50H68Br2N4O9S6. The Balaban J connectivity index is 0.00000110. The highest BCUT2D eigenvalue weighted by molar-refractivity contribution is 9.10. The van der Waals surface area contributed by atoms with Crippen LogP contribution in [0, 0.1) is 11.8 Å². The van der Waals surface area contributed by atoms with Gasteiger partial charge in [-0.2, -0.15) is 81.0 Å². The number of anilines is 2. The van der Waals surface area contributed by atoms with Crippen LogP contribution >= 0.6 is 113 Å². The Morgan fingerprint density at radius 1 is 0.592 bits per heavy atom. The lowest BCUT2D eigenvalue weighted by Crippen LogP contribution is -2.48. The molecule has 4 fully saturated rings. The second-order valence-electron chi connectivity index (χ2n) is 17.0. The van der Waals surface area contributed by atoms with Crippen molar-refractivity contribution < 1.29 is 43.3 Å². The first kappa shape index (κ1) is 67.6. The Labute approximate surface area is 475 Å². The Kier molecular flexibility index (Phi) is 31.1. The summed E-state index contributed by atoms with van der Waals surface area (Å²) in [4.78, 5) is 76.4. The molecule has 2 aliphatic heterocycles. The Bertz CT molecular complexity index is 2360. The first-order valence-corrected chi connectivity index (χ1v) is 23.7. The molecule has 0 radical (unpaired) electrons. The van der Waals surface area contributed by atoms with E-state index in [-0.39, 0.29) is 124 Å². The number of fused-ring (bicyclic) bond motifs is 2. The van der Waals surface area contributed by atoms with Crippen LogP contribution in [-0.2, 0) is 32.3 Å². The number of amides is 3. The third-order valence-electron chi connectivity index (χ3n) is 12.6. The maximum atomic E-state index is 13.3. The highest BCUT2D eigenvalue weighted by Crippen LogP contribution is 2.42. The molecule has 4 aliphatic rings. The van der Waals surface area contributed by atoms with Gasteiger partial charge in [0.05, 0.1) is 5.69 Å². The number of rotatable bonds is 9. The van der Waals surface area contributed by atoms with Crippen LogP contribution < -0.4 is 11.1 Å². The predicted molar refractivity (Wildman–Crippen MR) is 316 cm³/mol. The van der Waals surface area contributed by atoms with Gasteiger partial charge in [-0.25, -0.2) is 14.4 Å². The maximum Gasteiger partial charge on any atom is 0.411 e. The van der Waals surface area contributed by atoms with Gasteiger partial charge < -0.3 is 25.6 Å². The number of halogens is 2. The van der Waals surface area contributed by atoms with Crippen molar-refractivity contribution in [1.29, 1.82) is 0 Å². The van der Waals surface area contributed by atoms with Gasteiger partial charge in [0, 0.05) is 37.8 Å². The summed E-state index contributed by atoms with van der Waals surface area (Å²) >= 11 is 6.65. The van der Waals surface area contributed by atoms with Crippen molar-refractivity contribution in [3.8, 4) is 0 Å². The highest BCUT2D eigenvalue weighted by Gasteiger charge is 2.49. The molecule has 4 aromatic carbocycles. The lowest BCUT2D eigenvalue weighted by Gasteiger charge is -2.32. The van der Waals surface area contributed by atoms with Crippen LogP contribution in [0.5, 0.6) is 0 Å². The molecule has 4 aromatic rings. The summed E-state index contributed by atoms with van der Waals surface area (Å²) in [6.45, 7) is 3.32. The zero-order chi connectivity index (χ0) is 46.6. The Morgan fingerprint density at radius 2 is 1.00 bits per heavy atom. The van der Waals surface area contributed by atoms with Gasteiger partial charge in [0.15, 0.2) is 11.6 Å². The van der Waals surface area contributed by atoms with Crippen LogP contribution in [0.1, 0.15) is 110 Å². The first-order valence-electron chi connectivity index (χ1n) is 22.1. The molecule has 0 bridgehead atoms. The SMILES string of the molecule is CC(=O)c1ccc(Br)cc1N.CC(=O)c1ccc(Br)cc1NC(=O)[C@@H]1C[C@@H]2CCCC[C@@H]2N1C(=O)OCc1ccccc1.O=C(O)[C@@H]1C[C@@H]2CCCC[C@@H]2N1C(=O)OCc1ccccc1.S.S.S.S.S.S. The molecule has 392 valence electrons. The van der Waals surface area contributed by atoms with E-state index in [4.69, 9.17) is 15.2 Å². The van der Waals surface area contributed by atoms with E-state index in [0.717, 1.165) is 71.4 Å². The number of hydrogen-bond donors (Lipinski definition) is 3. The van der Waals surface area contributed by atoms with Gasteiger partial charge in [-0.05, 0) is 112 Å². The summed E-state index contributed by atoms with van der Waals surface area (Å²) in [5, 5.41) is 12.3. The molecule has 2 saturated heterocycles. The minimum Gasteiger partial charge on any atom is -0.480 e. The lowest BCUT2D eigenvalue weighted by atomic mass is 9.85. The zero-order valence-corrected chi connectivity index (χ0v) is 48.8. The molecule has 6 atom stereocenters. The second kappa shape index (κ2) is 32.7. The average molecular weight is 1220 g/mol. The van der Waals surface area contributed by atoms with Crippen LogP contribution in [0.3, 0.4) is 0 Å². The third-order valence-corrected chi connectivity index (χ3v) is 13.6. The van der Waals surface area contributed by atoms with Crippen molar-refractivity contribution in [1.82, 2.24) is 9.80 Å². The summed E-state index contributed by atoms with van der Waals surface area (Å²) in [5.74, 6) is -0.748. The molecule has 21 heteroatoms. The van der Waals surface area contributed by atoms with Crippen molar-refractivity contribution in [2.45, 2.75) is 115 Å². The van der Waals surface area contributed by atoms with E-state index >= 15 is 0 Å². The van der Waals surface area contributed by atoms with E-state index in [1.165, 1.54) is 18.7 Å². The van der Waals surface area contributed by atoms with Gasteiger partial charge in [-0.3, -0.25) is 24.2 Å². The number of hydrogen-bond acceptors (Lipinski definition) is 9. The molecule has 0 unspecified atom stereocenters. The largest absolute Gasteiger partial charge is 0.480 e. The Hall–Kier alpha value is -3.44. The van der Waals surface area contributed by atoms with Gasteiger partial charge in [-0.1, -0.05) is 118 Å². The monoisotopic (exact) mass is 1220 g/mol. The minimum atomic E-state index is -0.925.